The Morgan fingerprint density at radius 3 is 2.76 bits per heavy atom. The van der Waals surface area contributed by atoms with Gasteiger partial charge in [0.1, 0.15) is 0 Å². The van der Waals surface area contributed by atoms with Crippen LogP contribution in [0.5, 0.6) is 0 Å². The van der Waals surface area contributed by atoms with Crippen LogP contribution >= 0.6 is 27.7 Å². The van der Waals surface area contributed by atoms with E-state index in [1.165, 1.54) is 11.8 Å². The second kappa shape index (κ2) is 6.82. The summed E-state index contributed by atoms with van der Waals surface area (Å²) >= 11 is 4.86. The van der Waals surface area contributed by atoms with Crippen molar-refractivity contribution in [1.29, 1.82) is 0 Å². The van der Waals surface area contributed by atoms with Crippen molar-refractivity contribution in [3.8, 4) is 0 Å². The number of aliphatic imine (C=N–C) groups is 1. The van der Waals surface area contributed by atoms with Crippen LogP contribution in [0.3, 0.4) is 0 Å². The number of pyridine rings is 1. The van der Waals surface area contributed by atoms with E-state index in [2.05, 4.69) is 31.2 Å². The van der Waals surface area contributed by atoms with Crippen LogP contribution in [-0.2, 0) is 4.79 Å². The monoisotopic (exact) mass is 409 g/mol. The minimum atomic E-state index is -0.137. The van der Waals surface area contributed by atoms with Gasteiger partial charge < -0.3 is 5.32 Å². The van der Waals surface area contributed by atoms with Gasteiger partial charge in [-0.3, -0.25) is 9.78 Å². The Bertz CT molecular complexity index is 1030. The van der Waals surface area contributed by atoms with E-state index >= 15 is 0 Å². The van der Waals surface area contributed by atoms with E-state index in [1.807, 2.05) is 60.7 Å². The molecule has 1 aliphatic rings. The van der Waals surface area contributed by atoms with Gasteiger partial charge in [0.2, 0.25) is 0 Å². The molecule has 0 unspecified atom stereocenters. The van der Waals surface area contributed by atoms with Crippen LogP contribution in [0.2, 0.25) is 0 Å². The highest BCUT2D eigenvalue weighted by Gasteiger charge is 2.24. The van der Waals surface area contributed by atoms with E-state index in [0.29, 0.717) is 10.1 Å². The molecule has 1 aliphatic heterocycles. The average molecular weight is 410 g/mol. The highest BCUT2D eigenvalue weighted by atomic mass is 79.9. The summed E-state index contributed by atoms with van der Waals surface area (Å²) < 4.78 is 0.965. The fraction of sp³-hybridized carbons (Fsp3) is 0. The van der Waals surface area contributed by atoms with Crippen molar-refractivity contribution in [3.63, 3.8) is 0 Å². The van der Waals surface area contributed by atoms with Crippen LogP contribution in [0.25, 0.3) is 17.0 Å². The zero-order chi connectivity index (χ0) is 17.2. The van der Waals surface area contributed by atoms with E-state index < -0.39 is 0 Å². The molecule has 0 radical (unpaired) electrons. The van der Waals surface area contributed by atoms with E-state index in [1.54, 1.807) is 6.20 Å². The van der Waals surface area contributed by atoms with Crippen molar-refractivity contribution in [2.75, 3.05) is 0 Å². The van der Waals surface area contributed by atoms with Crippen molar-refractivity contribution in [2.24, 2.45) is 4.99 Å². The van der Waals surface area contributed by atoms with Crippen LogP contribution in [0, 0.1) is 0 Å². The number of carbonyl (C=O) groups excluding carboxylic acids is 1. The Hall–Kier alpha value is -2.44. The lowest BCUT2D eigenvalue weighted by molar-refractivity contribution is -0.115. The SMILES string of the molecule is O=C1NC(=Nc2ccc(Br)c3cccnc23)S/C1=C\c1ccccc1. The van der Waals surface area contributed by atoms with E-state index in [-0.39, 0.29) is 5.91 Å². The predicted octanol–water partition coefficient (Wildman–Crippen LogP) is 4.89. The van der Waals surface area contributed by atoms with E-state index in [9.17, 15) is 4.79 Å². The molecule has 25 heavy (non-hydrogen) atoms. The Kier molecular flexibility index (Phi) is 4.38. The number of amidine groups is 1. The lowest BCUT2D eigenvalue weighted by Gasteiger charge is -2.03. The maximum Gasteiger partial charge on any atom is 0.264 e. The van der Waals surface area contributed by atoms with Crippen molar-refractivity contribution in [1.82, 2.24) is 10.3 Å². The molecular weight excluding hydrogens is 398 g/mol. The summed E-state index contributed by atoms with van der Waals surface area (Å²) in [5.41, 5.74) is 2.50. The smallest absolute Gasteiger partial charge is 0.264 e. The van der Waals surface area contributed by atoms with Gasteiger partial charge in [0.05, 0.1) is 16.1 Å². The van der Waals surface area contributed by atoms with Gasteiger partial charge in [-0.25, -0.2) is 4.99 Å². The summed E-state index contributed by atoms with van der Waals surface area (Å²) in [6.45, 7) is 0. The number of nitrogens with zero attached hydrogens (tertiary/aromatic N) is 2. The van der Waals surface area contributed by atoms with Gasteiger partial charge in [-0.1, -0.05) is 52.3 Å². The first-order valence-corrected chi connectivity index (χ1v) is 9.19. The Balaban J connectivity index is 1.69. The third kappa shape index (κ3) is 3.36. The van der Waals surface area contributed by atoms with Gasteiger partial charge in [0.15, 0.2) is 5.17 Å². The molecule has 1 N–H and O–H groups in total. The first-order valence-electron chi connectivity index (χ1n) is 7.58. The van der Waals surface area contributed by atoms with Crippen LogP contribution < -0.4 is 5.32 Å². The van der Waals surface area contributed by atoms with E-state index in [0.717, 1.165) is 26.6 Å². The largest absolute Gasteiger partial charge is 0.300 e. The molecule has 3 aromatic rings. The molecule has 1 aromatic heterocycles. The maximum absolute atomic E-state index is 12.2. The number of halogens is 1. The van der Waals surface area contributed by atoms with Gasteiger partial charge in [-0.05, 0) is 41.6 Å². The minimum Gasteiger partial charge on any atom is -0.300 e. The second-order valence-electron chi connectivity index (χ2n) is 5.36. The van der Waals surface area contributed by atoms with Crippen LogP contribution in [0.15, 0.2) is 75.2 Å². The van der Waals surface area contributed by atoms with Gasteiger partial charge in [-0.15, -0.1) is 0 Å². The van der Waals surface area contributed by atoms with Crippen molar-refractivity contribution in [3.05, 3.63) is 75.7 Å². The Morgan fingerprint density at radius 1 is 1.08 bits per heavy atom. The van der Waals surface area contributed by atoms with Crippen molar-refractivity contribution >= 4 is 61.4 Å². The molecule has 1 saturated heterocycles. The maximum atomic E-state index is 12.2. The number of hydrogen-bond acceptors (Lipinski definition) is 4. The number of rotatable bonds is 2. The Labute approximate surface area is 157 Å². The fourth-order valence-corrected chi connectivity index (χ4v) is 3.79. The van der Waals surface area contributed by atoms with Gasteiger partial charge in [-0.2, -0.15) is 0 Å². The molecule has 1 fully saturated rings. The molecule has 122 valence electrons. The first-order chi connectivity index (χ1) is 12.2. The van der Waals surface area contributed by atoms with Crippen LogP contribution in [-0.4, -0.2) is 16.1 Å². The van der Waals surface area contributed by atoms with Gasteiger partial charge in [0.25, 0.3) is 5.91 Å². The minimum absolute atomic E-state index is 0.137. The van der Waals surface area contributed by atoms with Crippen molar-refractivity contribution in [2.45, 2.75) is 0 Å². The number of carbonyl (C=O) groups is 1. The van der Waals surface area contributed by atoms with Crippen LogP contribution in [0.1, 0.15) is 5.56 Å². The normalized spacial score (nSPS) is 17.4. The Morgan fingerprint density at radius 2 is 1.92 bits per heavy atom. The summed E-state index contributed by atoms with van der Waals surface area (Å²) in [5.74, 6) is -0.137. The van der Waals surface area contributed by atoms with Crippen molar-refractivity contribution < 1.29 is 4.79 Å². The number of hydrogen-bond donors (Lipinski definition) is 1. The van der Waals surface area contributed by atoms with Gasteiger partial charge in [0, 0.05) is 16.1 Å². The number of aromatic nitrogens is 1. The number of nitrogens with one attached hydrogen (secondary N) is 1. The topological polar surface area (TPSA) is 54.4 Å². The van der Waals surface area contributed by atoms with Crippen LogP contribution in [0.4, 0.5) is 5.69 Å². The molecule has 2 aromatic carbocycles. The zero-order valence-corrected chi connectivity index (χ0v) is 15.3. The zero-order valence-electron chi connectivity index (χ0n) is 12.9. The quantitative estimate of drug-likeness (QED) is 0.613. The van der Waals surface area contributed by atoms with E-state index in [4.69, 9.17) is 0 Å². The first kappa shape index (κ1) is 16.1. The molecule has 2 heterocycles. The lowest BCUT2D eigenvalue weighted by atomic mass is 10.2. The summed E-state index contributed by atoms with van der Waals surface area (Å²) in [6, 6.07) is 17.4. The molecule has 4 rings (SSSR count). The second-order valence-corrected chi connectivity index (χ2v) is 7.24. The third-order valence-corrected chi connectivity index (χ3v) is 5.27. The molecule has 0 spiro atoms. The highest BCUT2D eigenvalue weighted by Crippen LogP contribution is 2.33. The molecule has 0 aliphatic carbocycles. The number of fused-ring (bicyclic) bond motifs is 1. The predicted molar refractivity (Wildman–Crippen MR) is 107 cm³/mol. The summed E-state index contributed by atoms with van der Waals surface area (Å²) in [4.78, 5) is 21.8. The molecule has 0 atom stereocenters. The number of thioether (sulfide) groups is 1. The molecular formula is C19H12BrN3OS. The third-order valence-electron chi connectivity index (χ3n) is 3.67. The standard InChI is InChI=1S/C19H12BrN3OS/c20-14-8-9-15(17-13(14)7-4-10-21-17)22-19-23-18(24)16(25-19)11-12-5-2-1-3-6-12/h1-11H,(H,22,23,24)/b16-11-. The molecule has 0 saturated carbocycles. The average Bonchev–Trinajstić information content (AvgIpc) is 2.98. The molecule has 0 bridgehead atoms. The molecule has 6 heteroatoms. The molecule has 1 amide bonds. The lowest BCUT2D eigenvalue weighted by Crippen LogP contribution is -2.19. The summed E-state index contributed by atoms with van der Waals surface area (Å²) in [5, 5.41) is 4.36. The fourth-order valence-electron chi connectivity index (χ4n) is 2.50. The summed E-state index contributed by atoms with van der Waals surface area (Å²) in [7, 11) is 0. The summed E-state index contributed by atoms with van der Waals surface area (Å²) in [6.07, 6.45) is 3.60. The highest BCUT2D eigenvalue weighted by molar-refractivity contribution is 9.10. The number of amides is 1. The van der Waals surface area contributed by atoms with Gasteiger partial charge >= 0.3 is 0 Å². The number of benzene rings is 2. The molecule has 4 nitrogen and oxygen atoms in total.